The smallest absolute Gasteiger partial charge is 0.247 e. The highest BCUT2D eigenvalue weighted by molar-refractivity contribution is 5.64. The minimum absolute atomic E-state index is 0.0129. The van der Waals surface area contributed by atoms with Gasteiger partial charge in [0, 0.05) is 30.7 Å². The number of halogens is 2. The van der Waals surface area contributed by atoms with Crippen molar-refractivity contribution in [2.75, 3.05) is 42.8 Å². The van der Waals surface area contributed by atoms with Crippen molar-refractivity contribution in [2.24, 2.45) is 0 Å². The first-order chi connectivity index (χ1) is 18.8. The predicted octanol–water partition coefficient (Wildman–Crippen LogP) is 3.11. The molecule has 3 saturated heterocycles. The van der Waals surface area contributed by atoms with Gasteiger partial charge in [-0.25, -0.2) is 13.8 Å². The zero-order chi connectivity index (χ0) is 27.1. The molecule has 0 amide bonds. The molecule has 39 heavy (non-hydrogen) atoms. The lowest BCUT2D eigenvalue weighted by Crippen LogP contribution is -2.55. The van der Waals surface area contributed by atoms with Crippen LogP contribution in [0, 0.1) is 11.6 Å². The van der Waals surface area contributed by atoms with E-state index >= 15 is 4.39 Å². The van der Waals surface area contributed by atoms with Gasteiger partial charge in [0.15, 0.2) is 17.5 Å². The highest BCUT2D eigenvalue weighted by Gasteiger charge is 2.43. The number of nitrogens with one attached hydrogen (secondary N) is 3. The summed E-state index contributed by atoms with van der Waals surface area (Å²) in [6.07, 6.45) is 4.99. The molecular weight excluding hydrogens is 510 g/mol. The molecule has 0 spiro atoms. The highest BCUT2D eigenvalue weighted by atomic mass is 19.1. The molecule has 1 aromatic carbocycles. The van der Waals surface area contributed by atoms with Gasteiger partial charge in [0.2, 0.25) is 11.9 Å². The predicted molar refractivity (Wildman–Crippen MR) is 140 cm³/mol. The minimum atomic E-state index is -0.606. The Bertz CT molecular complexity index is 1350. The Morgan fingerprint density at radius 2 is 2.03 bits per heavy atom. The number of benzene rings is 1. The molecule has 3 N–H and O–H groups in total. The van der Waals surface area contributed by atoms with E-state index in [0.717, 1.165) is 32.0 Å². The normalized spacial score (nSPS) is 22.7. The number of hydrogen-bond acceptors (Lipinski definition) is 11. The van der Waals surface area contributed by atoms with E-state index in [0.29, 0.717) is 30.9 Å². The van der Waals surface area contributed by atoms with Crippen molar-refractivity contribution in [3.63, 3.8) is 0 Å². The van der Waals surface area contributed by atoms with Crippen molar-refractivity contribution < 1.29 is 18.3 Å². The van der Waals surface area contributed by atoms with Crippen LogP contribution in [0.4, 0.5) is 32.2 Å². The van der Waals surface area contributed by atoms with Crippen LogP contribution in [-0.4, -0.2) is 85.6 Å². The maximum absolute atomic E-state index is 15.3. The van der Waals surface area contributed by atoms with E-state index in [1.165, 1.54) is 23.2 Å². The van der Waals surface area contributed by atoms with E-state index in [2.05, 4.69) is 60.2 Å². The molecule has 3 aromatic rings. The standard InChI is InChI=1S/C25H32F2N10O2/c1-25(2)10-14(7-15-5-4-6-36(15)25)30-22-18(27)11-29-23(32-22)31-19-9-20(37-24(28-3)33-34-35-37)21(8-17(19)26)39-16-12-38-13-16/h8-9,11,14-16H,4-7,10,12-13H2,1-3H3,(H,28,33,35)(H2,29,30,31,32)/t14-,15+/m1/s1. The van der Waals surface area contributed by atoms with Crippen molar-refractivity contribution in [3.8, 4) is 11.4 Å². The van der Waals surface area contributed by atoms with Crippen LogP contribution >= 0.6 is 0 Å². The minimum Gasteiger partial charge on any atom is -0.483 e. The first-order valence-electron chi connectivity index (χ1n) is 13.2. The third-order valence-electron chi connectivity index (χ3n) is 7.66. The molecule has 6 rings (SSSR count). The first kappa shape index (κ1) is 25.6. The summed E-state index contributed by atoms with van der Waals surface area (Å²) >= 11 is 0. The number of anilines is 4. The molecule has 14 heteroatoms. The monoisotopic (exact) mass is 542 g/mol. The molecule has 5 heterocycles. The van der Waals surface area contributed by atoms with Gasteiger partial charge < -0.3 is 25.4 Å². The second kappa shape index (κ2) is 10.2. The molecule has 12 nitrogen and oxygen atoms in total. The topological polar surface area (TPSA) is 127 Å². The summed E-state index contributed by atoms with van der Waals surface area (Å²) < 4.78 is 42.6. The lowest BCUT2D eigenvalue weighted by molar-refractivity contribution is -0.0797. The first-order valence-corrected chi connectivity index (χ1v) is 13.2. The van der Waals surface area contributed by atoms with Gasteiger partial charge in [0.05, 0.1) is 25.1 Å². The van der Waals surface area contributed by atoms with Crippen LogP contribution in [0.3, 0.4) is 0 Å². The van der Waals surface area contributed by atoms with Crippen LogP contribution < -0.4 is 20.7 Å². The summed E-state index contributed by atoms with van der Waals surface area (Å²) in [5.74, 6) is -0.448. The number of aromatic nitrogens is 6. The molecule has 208 valence electrons. The Morgan fingerprint density at radius 3 is 2.79 bits per heavy atom. The molecule has 0 radical (unpaired) electrons. The molecule has 3 aliphatic heterocycles. The number of hydrogen-bond donors (Lipinski definition) is 3. The number of ether oxygens (including phenoxy) is 2. The average Bonchev–Trinajstić information content (AvgIpc) is 3.54. The van der Waals surface area contributed by atoms with Crippen molar-refractivity contribution in [2.45, 2.75) is 63.3 Å². The zero-order valence-corrected chi connectivity index (χ0v) is 22.1. The van der Waals surface area contributed by atoms with Gasteiger partial charge in [-0.3, -0.25) is 4.90 Å². The molecule has 0 aliphatic carbocycles. The lowest BCUT2D eigenvalue weighted by atomic mass is 9.84. The number of nitrogens with zero attached hydrogens (tertiary/aromatic N) is 7. The van der Waals surface area contributed by atoms with E-state index < -0.39 is 11.6 Å². The molecule has 0 bridgehead atoms. The number of tetrazole rings is 1. The maximum Gasteiger partial charge on any atom is 0.247 e. The highest BCUT2D eigenvalue weighted by Crippen LogP contribution is 2.39. The Labute approximate surface area is 224 Å². The van der Waals surface area contributed by atoms with Gasteiger partial charge in [-0.2, -0.15) is 9.67 Å². The SMILES string of the molecule is CNc1nnnn1-c1cc(Nc2ncc(F)c(N[C@@H]3C[C@@H]4CCCN4C(C)(C)C3)n2)c(F)cc1OC1COC1. The second-order valence-corrected chi connectivity index (χ2v) is 10.8. The maximum atomic E-state index is 15.3. The molecular formula is C25H32F2N10O2. The number of fused-ring (bicyclic) bond motifs is 1. The van der Waals surface area contributed by atoms with Crippen LogP contribution in [0.25, 0.3) is 5.69 Å². The van der Waals surface area contributed by atoms with Crippen LogP contribution in [0.15, 0.2) is 18.3 Å². The van der Waals surface area contributed by atoms with Crippen molar-refractivity contribution >= 4 is 23.4 Å². The molecule has 2 aromatic heterocycles. The van der Waals surface area contributed by atoms with E-state index in [-0.39, 0.29) is 40.9 Å². The van der Waals surface area contributed by atoms with Crippen LogP contribution in [0.5, 0.6) is 5.75 Å². The molecule has 3 fully saturated rings. The zero-order valence-electron chi connectivity index (χ0n) is 22.1. The number of rotatable bonds is 8. The summed E-state index contributed by atoms with van der Waals surface area (Å²) in [5, 5.41) is 20.7. The average molecular weight is 543 g/mol. The van der Waals surface area contributed by atoms with E-state index in [1.54, 1.807) is 7.05 Å². The summed E-state index contributed by atoms with van der Waals surface area (Å²) in [7, 11) is 1.67. The third kappa shape index (κ3) is 5.05. The second-order valence-electron chi connectivity index (χ2n) is 10.8. The van der Waals surface area contributed by atoms with Crippen LogP contribution in [0.2, 0.25) is 0 Å². The van der Waals surface area contributed by atoms with Gasteiger partial charge in [0.25, 0.3) is 0 Å². The van der Waals surface area contributed by atoms with Gasteiger partial charge in [-0.15, -0.1) is 0 Å². The van der Waals surface area contributed by atoms with Gasteiger partial charge >= 0.3 is 0 Å². The quantitative estimate of drug-likeness (QED) is 0.389. The van der Waals surface area contributed by atoms with E-state index in [1.807, 2.05) is 0 Å². The number of piperidine rings is 1. The Balaban J connectivity index is 1.26. The fraction of sp³-hybridized carbons (Fsp3) is 0.560. The van der Waals surface area contributed by atoms with Crippen LogP contribution in [0.1, 0.15) is 39.5 Å². The Morgan fingerprint density at radius 1 is 1.18 bits per heavy atom. The fourth-order valence-corrected chi connectivity index (χ4v) is 5.83. The van der Waals surface area contributed by atoms with Crippen molar-refractivity contribution in [1.29, 1.82) is 0 Å². The molecule has 3 aliphatic rings. The van der Waals surface area contributed by atoms with Gasteiger partial charge in [0.1, 0.15) is 17.5 Å². The summed E-state index contributed by atoms with van der Waals surface area (Å²) in [6, 6.07) is 3.28. The van der Waals surface area contributed by atoms with Crippen LogP contribution in [-0.2, 0) is 4.74 Å². The van der Waals surface area contributed by atoms with E-state index in [4.69, 9.17) is 9.47 Å². The molecule has 0 saturated carbocycles. The lowest BCUT2D eigenvalue weighted by Gasteiger charge is -2.47. The largest absolute Gasteiger partial charge is 0.483 e. The molecule has 2 atom stereocenters. The van der Waals surface area contributed by atoms with Gasteiger partial charge in [-0.05, 0) is 62.6 Å². The Kier molecular flexibility index (Phi) is 6.67. The van der Waals surface area contributed by atoms with E-state index in [9.17, 15) is 4.39 Å². The Hall–Kier alpha value is -3.65. The third-order valence-corrected chi connectivity index (χ3v) is 7.66. The summed E-state index contributed by atoms with van der Waals surface area (Å²) in [4.78, 5) is 11.0. The van der Waals surface area contributed by atoms with Gasteiger partial charge in [-0.1, -0.05) is 5.10 Å². The fourth-order valence-electron chi connectivity index (χ4n) is 5.83. The summed E-state index contributed by atoms with van der Waals surface area (Å²) in [6.45, 7) is 6.39. The van der Waals surface area contributed by atoms with Crippen molar-refractivity contribution in [3.05, 3.63) is 30.0 Å². The molecule has 0 unspecified atom stereocenters. The van der Waals surface area contributed by atoms with Crippen molar-refractivity contribution in [1.82, 2.24) is 35.1 Å². The summed E-state index contributed by atoms with van der Waals surface area (Å²) in [5.41, 5.74) is 0.461.